The fourth-order valence-electron chi connectivity index (χ4n) is 2.56. The topological polar surface area (TPSA) is 12.0 Å². The number of likely N-dealkylation sites (N-methyl/N-ethyl adjacent to an activating group) is 1. The number of nitrogens with one attached hydrogen (secondary N) is 1. The van der Waals surface area contributed by atoms with Crippen molar-refractivity contribution in [3.63, 3.8) is 0 Å². The van der Waals surface area contributed by atoms with Crippen molar-refractivity contribution >= 4 is 37.4 Å². The first kappa shape index (κ1) is 14.7. The van der Waals surface area contributed by atoms with Crippen LogP contribution >= 0.6 is 27.3 Å². The number of halogens is 2. The van der Waals surface area contributed by atoms with Gasteiger partial charge in [-0.3, -0.25) is 0 Å². The summed E-state index contributed by atoms with van der Waals surface area (Å²) in [4.78, 5) is 0. The van der Waals surface area contributed by atoms with Gasteiger partial charge in [0.1, 0.15) is 5.82 Å². The summed E-state index contributed by atoms with van der Waals surface area (Å²) in [6, 6.07) is 13.5. The summed E-state index contributed by atoms with van der Waals surface area (Å²) in [6.07, 6.45) is 0.880. The molecule has 1 atom stereocenters. The first-order chi connectivity index (χ1) is 10.2. The Morgan fingerprint density at radius 2 is 2.05 bits per heavy atom. The van der Waals surface area contributed by atoms with E-state index < -0.39 is 0 Å². The molecule has 0 saturated carbocycles. The van der Waals surface area contributed by atoms with Gasteiger partial charge in [-0.05, 0) is 53.6 Å². The third-order valence-corrected chi connectivity index (χ3v) is 5.37. The van der Waals surface area contributed by atoms with Crippen LogP contribution < -0.4 is 5.32 Å². The lowest BCUT2D eigenvalue weighted by atomic mass is 9.98. The van der Waals surface area contributed by atoms with Crippen molar-refractivity contribution < 1.29 is 4.39 Å². The van der Waals surface area contributed by atoms with Crippen LogP contribution in [0.3, 0.4) is 0 Å². The number of hydrogen-bond acceptors (Lipinski definition) is 2. The Hall–Kier alpha value is -1.23. The van der Waals surface area contributed by atoms with Crippen molar-refractivity contribution in [1.82, 2.24) is 5.32 Å². The SMILES string of the molecule is CNC(Cc1csc2ccccc12)c1ccc(F)cc1Br. The predicted octanol–water partition coefficient (Wildman–Crippen LogP) is 5.31. The largest absolute Gasteiger partial charge is 0.313 e. The quantitative estimate of drug-likeness (QED) is 0.662. The molecule has 1 unspecified atom stereocenters. The van der Waals surface area contributed by atoms with Crippen LogP contribution in [-0.2, 0) is 6.42 Å². The molecule has 3 aromatic rings. The van der Waals surface area contributed by atoms with E-state index in [0.717, 1.165) is 16.5 Å². The van der Waals surface area contributed by atoms with E-state index in [0.29, 0.717) is 0 Å². The third-order valence-electron chi connectivity index (χ3n) is 3.67. The van der Waals surface area contributed by atoms with E-state index in [1.165, 1.54) is 27.8 Å². The first-order valence-corrected chi connectivity index (χ1v) is 8.43. The van der Waals surface area contributed by atoms with Crippen LogP contribution in [0.15, 0.2) is 52.3 Å². The molecule has 21 heavy (non-hydrogen) atoms. The van der Waals surface area contributed by atoms with E-state index in [1.54, 1.807) is 11.3 Å². The van der Waals surface area contributed by atoms with Crippen LogP contribution in [-0.4, -0.2) is 7.05 Å². The van der Waals surface area contributed by atoms with Crippen molar-refractivity contribution in [2.45, 2.75) is 12.5 Å². The Morgan fingerprint density at radius 3 is 2.81 bits per heavy atom. The van der Waals surface area contributed by atoms with Gasteiger partial charge in [0.2, 0.25) is 0 Å². The Labute approximate surface area is 135 Å². The minimum Gasteiger partial charge on any atom is -0.313 e. The summed E-state index contributed by atoms with van der Waals surface area (Å²) in [5, 5.41) is 6.85. The fourth-order valence-corrected chi connectivity index (χ4v) is 4.17. The van der Waals surface area contributed by atoms with Gasteiger partial charge >= 0.3 is 0 Å². The van der Waals surface area contributed by atoms with Gasteiger partial charge in [0.25, 0.3) is 0 Å². The fraction of sp³-hybridized carbons (Fsp3) is 0.176. The average molecular weight is 364 g/mol. The van der Waals surface area contributed by atoms with E-state index in [4.69, 9.17) is 0 Å². The van der Waals surface area contributed by atoms with E-state index in [1.807, 2.05) is 13.1 Å². The minimum atomic E-state index is -0.221. The summed E-state index contributed by atoms with van der Waals surface area (Å²) in [7, 11) is 1.94. The predicted molar refractivity (Wildman–Crippen MR) is 91.4 cm³/mol. The van der Waals surface area contributed by atoms with Gasteiger partial charge in [0.05, 0.1) is 0 Å². The lowest BCUT2D eigenvalue weighted by Gasteiger charge is -2.18. The molecular weight excluding hydrogens is 349 g/mol. The van der Waals surface area contributed by atoms with Crippen molar-refractivity contribution in [1.29, 1.82) is 0 Å². The lowest BCUT2D eigenvalue weighted by Crippen LogP contribution is -2.19. The molecule has 0 saturated heterocycles. The van der Waals surface area contributed by atoms with E-state index >= 15 is 0 Å². The zero-order valence-electron chi connectivity index (χ0n) is 11.6. The number of fused-ring (bicyclic) bond motifs is 1. The van der Waals surface area contributed by atoms with E-state index in [-0.39, 0.29) is 11.9 Å². The number of rotatable bonds is 4. The van der Waals surface area contributed by atoms with Gasteiger partial charge in [0.15, 0.2) is 0 Å². The van der Waals surface area contributed by atoms with Crippen molar-refractivity contribution in [2.75, 3.05) is 7.05 Å². The summed E-state index contributed by atoms with van der Waals surface area (Å²) in [5.74, 6) is -0.221. The van der Waals surface area contributed by atoms with Gasteiger partial charge in [0, 0.05) is 15.2 Å². The molecule has 0 fully saturated rings. The molecule has 1 N–H and O–H groups in total. The first-order valence-electron chi connectivity index (χ1n) is 6.76. The number of benzene rings is 2. The Balaban J connectivity index is 1.94. The lowest BCUT2D eigenvalue weighted by molar-refractivity contribution is 0.585. The highest BCUT2D eigenvalue weighted by Crippen LogP contribution is 2.31. The molecule has 0 aliphatic rings. The molecule has 4 heteroatoms. The maximum Gasteiger partial charge on any atom is 0.124 e. The molecule has 1 nitrogen and oxygen atoms in total. The molecule has 0 amide bonds. The van der Waals surface area contributed by atoms with Gasteiger partial charge in [-0.2, -0.15) is 0 Å². The van der Waals surface area contributed by atoms with Crippen molar-refractivity contribution in [3.05, 3.63) is 69.3 Å². The van der Waals surface area contributed by atoms with Crippen LogP contribution in [0.2, 0.25) is 0 Å². The number of thiophene rings is 1. The average Bonchev–Trinajstić information content (AvgIpc) is 2.89. The molecule has 0 bridgehead atoms. The van der Waals surface area contributed by atoms with Crippen LogP contribution in [0.25, 0.3) is 10.1 Å². The zero-order valence-corrected chi connectivity index (χ0v) is 14.0. The molecule has 2 aromatic carbocycles. The molecule has 1 aromatic heterocycles. The van der Waals surface area contributed by atoms with E-state index in [9.17, 15) is 4.39 Å². The summed E-state index contributed by atoms with van der Waals surface area (Å²) < 4.78 is 15.4. The molecular formula is C17H15BrFNS. The van der Waals surface area contributed by atoms with Crippen molar-refractivity contribution in [2.24, 2.45) is 0 Å². The second kappa shape index (κ2) is 6.26. The van der Waals surface area contributed by atoms with Gasteiger partial charge in [-0.15, -0.1) is 11.3 Å². The van der Waals surface area contributed by atoms with E-state index in [2.05, 4.69) is 50.9 Å². The van der Waals surface area contributed by atoms with Gasteiger partial charge in [-0.25, -0.2) is 4.39 Å². The molecule has 0 aliphatic heterocycles. The number of hydrogen-bond donors (Lipinski definition) is 1. The highest BCUT2D eigenvalue weighted by atomic mass is 79.9. The summed E-state index contributed by atoms with van der Waals surface area (Å²) in [6.45, 7) is 0. The highest BCUT2D eigenvalue weighted by molar-refractivity contribution is 9.10. The second-order valence-corrected chi connectivity index (χ2v) is 6.73. The maximum atomic E-state index is 13.3. The summed E-state index contributed by atoms with van der Waals surface area (Å²) in [5.41, 5.74) is 2.40. The molecule has 0 aliphatic carbocycles. The Morgan fingerprint density at radius 1 is 1.24 bits per heavy atom. The van der Waals surface area contributed by atoms with Crippen LogP contribution in [0.1, 0.15) is 17.2 Å². The second-order valence-electron chi connectivity index (χ2n) is 4.97. The highest BCUT2D eigenvalue weighted by Gasteiger charge is 2.16. The normalized spacial score (nSPS) is 12.7. The Bertz CT molecular complexity index is 768. The summed E-state index contributed by atoms with van der Waals surface area (Å²) >= 11 is 5.23. The minimum absolute atomic E-state index is 0.151. The monoisotopic (exact) mass is 363 g/mol. The molecule has 3 rings (SSSR count). The molecule has 1 heterocycles. The molecule has 0 radical (unpaired) electrons. The van der Waals surface area contributed by atoms with Crippen LogP contribution in [0, 0.1) is 5.82 Å². The third kappa shape index (κ3) is 3.03. The van der Waals surface area contributed by atoms with Crippen LogP contribution in [0.4, 0.5) is 4.39 Å². The molecule has 0 spiro atoms. The Kier molecular flexibility index (Phi) is 4.38. The molecule has 108 valence electrons. The zero-order chi connectivity index (χ0) is 14.8. The smallest absolute Gasteiger partial charge is 0.124 e. The van der Waals surface area contributed by atoms with Gasteiger partial charge < -0.3 is 5.32 Å². The van der Waals surface area contributed by atoms with Gasteiger partial charge in [-0.1, -0.05) is 40.2 Å². The standard InChI is InChI=1S/C17H15BrFNS/c1-20-16(14-7-6-12(19)9-15(14)18)8-11-10-21-17-5-3-2-4-13(11)17/h2-7,9-10,16,20H,8H2,1H3. The van der Waals surface area contributed by atoms with Crippen LogP contribution in [0.5, 0.6) is 0 Å². The van der Waals surface area contributed by atoms with Crippen molar-refractivity contribution in [3.8, 4) is 0 Å². The maximum absolute atomic E-state index is 13.3.